The second kappa shape index (κ2) is 5.87. The van der Waals surface area contributed by atoms with Crippen molar-refractivity contribution in [1.29, 1.82) is 0 Å². The summed E-state index contributed by atoms with van der Waals surface area (Å²) < 4.78 is 13.8. The number of benzene rings is 1. The van der Waals surface area contributed by atoms with Gasteiger partial charge in [0.25, 0.3) is 0 Å². The van der Waals surface area contributed by atoms with Gasteiger partial charge in [-0.1, -0.05) is 19.9 Å². The van der Waals surface area contributed by atoms with Crippen LogP contribution in [0.5, 0.6) is 0 Å². The van der Waals surface area contributed by atoms with Gasteiger partial charge in [-0.15, -0.1) is 11.8 Å². The maximum absolute atomic E-state index is 13.8. The Morgan fingerprint density at radius 2 is 1.94 bits per heavy atom. The summed E-state index contributed by atoms with van der Waals surface area (Å²) in [6.45, 7) is 11.1. The zero-order chi connectivity index (χ0) is 13.1. The zero-order valence-electron chi connectivity index (χ0n) is 11.3. The molecule has 0 unspecified atom stereocenters. The minimum atomic E-state index is -0.118. The maximum atomic E-state index is 13.8. The average molecular weight is 255 g/mol. The maximum Gasteiger partial charge on any atom is 0.128 e. The van der Waals surface area contributed by atoms with E-state index in [2.05, 4.69) is 39.9 Å². The van der Waals surface area contributed by atoms with Crippen molar-refractivity contribution in [2.75, 3.05) is 0 Å². The fraction of sp³-hybridized carbons (Fsp3) is 0.571. The van der Waals surface area contributed by atoms with Crippen molar-refractivity contribution in [2.24, 2.45) is 0 Å². The van der Waals surface area contributed by atoms with E-state index in [1.807, 2.05) is 6.07 Å². The van der Waals surface area contributed by atoms with Gasteiger partial charge in [-0.2, -0.15) is 0 Å². The topological polar surface area (TPSA) is 12.0 Å². The van der Waals surface area contributed by atoms with E-state index < -0.39 is 0 Å². The average Bonchev–Trinajstić information content (AvgIpc) is 2.14. The first-order chi connectivity index (χ1) is 7.79. The molecule has 17 heavy (non-hydrogen) atoms. The summed E-state index contributed by atoms with van der Waals surface area (Å²) in [6, 6.07) is 5.30. The molecule has 1 aromatic carbocycles. The highest BCUT2D eigenvalue weighted by Crippen LogP contribution is 2.28. The molecule has 0 aromatic heterocycles. The molecule has 1 rings (SSSR count). The summed E-state index contributed by atoms with van der Waals surface area (Å²) in [5.74, 6) is -0.118. The lowest BCUT2D eigenvalue weighted by molar-refractivity contribution is 0.416. The predicted octanol–water partition coefficient (Wildman–Crippen LogP) is 4.21. The van der Waals surface area contributed by atoms with Crippen LogP contribution in [0.25, 0.3) is 0 Å². The molecule has 96 valence electrons. The third-order valence-corrected chi connectivity index (χ3v) is 3.34. The number of hydrogen-bond acceptors (Lipinski definition) is 2. The van der Waals surface area contributed by atoms with Gasteiger partial charge in [0.05, 0.1) is 0 Å². The Labute approximate surface area is 108 Å². The van der Waals surface area contributed by atoms with E-state index in [4.69, 9.17) is 0 Å². The summed E-state index contributed by atoms with van der Waals surface area (Å²) in [7, 11) is 0. The molecule has 0 atom stereocenters. The largest absolute Gasteiger partial charge is 0.308 e. The van der Waals surface area contributed by atoms with Crippen LogP contribution in [-0.2, 0) is 6.54 Å². The van der Waals surface area contributed by atoms with Gasteiger partial charge in [0, 0.05) is 27.8 Å². The van der Waals surface area contributed by atoms with Gasteiger partial charge < -0.3 is 5.32 Å². The minimum Gasteiger partial charge on any atom is -0.308 e. The summed E-state index contributed by atoms with van der Waals surface area (Å²) >= 11 is 1.71. The Bertz CT molecular complexity index is 369. The molecule has 0 heterocycles. The van der Waals surface area contributed by atoms with Crippen molar-refractivity contribution in [3.05, 3.63) is 29.6 Å². The summed E-state index contributed by atoms with van der Waals surface area (Å²) in [4.78, 5) is 1.04. The van der Waals surface area contributed by atoms with Gasteiger partial charge in [-0.3, -0.25) is 0 Å². The van der Waals surface area contributed by atoms with Crippen molar-refractivity contribution in [1.82, 2.24) is 5.32 Å². The second-order valence-electron chi connectivity index (χ2n) is 5.49. The quantitative estimate of drug-likeness (QED) is 0.809. The Hall–Kier alpha value is -0.540. The molecule has 0 radical (unpaired) electrons. The monoisotopic (exact) mass is 255 g/mol. The van der Waals surface area contributed by atoms with Gasteiger partial charge in [0.15, 0.2) is 0 Å². The molecular formula is C14H22FNS. The zero-order valence-corrected chi connectivity index (χ0v) is 12.1. The summed E-state index contributed by atoms with van der Waals surface area (Å²) in [6.07, 6.45) is 0. The van der Waals surface area contributed by atoms with Crippen LogP contribution in [0.2, 0.25) is 0 Å². The van der Waals surface area contributed by atoms with Crippen LogP contribution >= 0.6 is 11.8 Å². The smallest absolute Gasteiger partial charge is 0.128 e. The van der Waals surface area contributed by atoms with Crippen LogP contribution in [0.4, 0.5) is 4.39 Å². The number of thioether (sulfide) groups is 1. The van der Waals surface area contributed by atoms with Gasteiger partial charge in [0.2, 0.25) is 0 Å². The van der Waals surface area contributed by atoms with Crippen molar-refractivity contribution < 1.29 is 4.39 Å². The Morgan fingerprint density at radius 1 is 1.29 bits per heavy atom. The fourth-order valence-electron chi connectivity index (χ4n) is 1.43. The van der Waals surface area contributed by atoms with Gasteiger partial charge in [0.1, 0.15) is 5.82 Å². The molecule has 0 saturated heterocycles. The van der Waals surface area contributed by atoms with Crippen LogP contribution in [0.3, 0.4) is 0 Å². The molecule has 1 aromatic rings. The minimum absolute atomic E-state index is 0.00203. The molecule has 1 N–H and O–H groups in total. The third kappa shape index (κ3) is 5.09. The molecule has 3 heteroatoms. The fourth-order valence-corrected chi connectivity index (χ4v) is 2.41. The van der Waals surface area contributed by atoms with Crippen LogP contribution in [-0.4, -0.2) is 10.8 Å². The first-order valence-electron chi connectivity index (χ1n) is 5.98. The van der Waals surface area contributed by atoms with Gasteiger partial charge in [-0.25, -0.2) is 4.39 Å². The third-order valence-electron chi connectivity index (χ3n) is 2.23. The van der Waals surface area contributed by atoms with E-state index in [1.165, 1.54) is 6.07 Å². The lowest BCUT2D eigenvalue weighted by Gasteiger charge is -2.22. The number of rotatable bonds is 4. The molecule has 0 aliphatic heterocycles. The summed E-state index contributed by atoms with van der Waals surface area (Å²) in [5.41, 5.74) is 0.781. The SMILES string of the molecule is CC(C)Sc1cccc(F)c1CNC(C)(C)C. The van der Waals surface area contributed by atoms with E-state index >= 15 is 0 Å². The van der Waals surface area contributed by atoms with Crippen molar-refractivity contribution in [2.45, 2.75) is 56.8 Å². The van der Waals surface area contributed by atoms with E-state index in [0.29, 0.717) is 11.8 Å². The highest BCUT2D eigenvalue weighted by atomic mass is 32.2. The standard InChI is InChI=1S/C14H22FNS/c1-10(2)17-13-8-6-7-12(15)11(13)9-16-14(3,4)5/h6-8,10,16H,9H2,1-5H3. The van der Waals surface area contributed by atoms with Crippen LogP contribution in [0.15, 0.2) is 23.1 Å². The van der Waals surface area contributed by atoms with Crippen molar-refractivity contribution >= 4 is 11.8 Å². The van der Waals surface area contributed by atoms with E-state index in [9.17, 15) is 4.39 Å². The number of halogens is 1. The van der Waals surface area contributed by atoms with Crippen molar-refractivity contribution in [3.63, 3.8) is 0 Å². The number of hydrogen-bond donors (Lipinski definition) is 1. The van der Waals surface area contributed by atoms with Crippen LogP contribution < -0.4 is 5.32 Å². The molecule has 0 fully saturated rings. The van der Waals surface area contributed by atoms with Gasteiger partial charge >= 0.3 is 0 Å². The first-order valence-corrected chi connectivity index (χ1v) is 6.86. The van der Waals surface area contributed by atoms with E-state index in [-0.39, 0.29) is 11.4 Å². The Balaban J connectivity index is 2.88. The highest BCUT2D eigenvalue weighted by molar-refractivity contribution is 8.00. The molecule has 0 amide bonds. The lowest BCUT2D eigenvalue weighted by Crippen LogP contribution is -2.35. The molecule has 0 bridgehead atoms. The lowest BCUT2D eigenvalue weighted by atomic mass is 10.1. The van der Waals surface area contributed by atoms with Gasteiger partial charge in [-0.05, 0) is 32.9 Å². The highest BCUT2D eigenvalue weighted by Gasteiger charge is 2.14. The molecule has 0 aliphatic carbocycles. The normalized spacial score (nSPS) is 12.2. The Kier molecular flexibility index (Phi) is 5.02. The number of nitrogens with one attached hydrogen (secondary N) is 1. The van der Waals surface area contributed by atoms with Crippen molar-refractivity contribution in [3.8, 4) is 0 Å². The van der Waals surface area contributed by atoms with Crippen LogP contribution in [0, 0.1) is 5.82 Å². The summed E-state index contributed by atoms with van der Waals surface area (Å²) in [5, 5.41) is 3.80. The predicted molar refractivity (Wildman–Crippen MR) is 74.0 cm³/mol. The van der Waals surface area contributed by atoms with E-state index in [1.54, 1.807) is 17.8 Å². The molecule has 0 saturated carbocycles. The Morgan fingerprint density at radius 3 is 2.47 bits per heavy atom. The molecule has 0 spiro atoms. The molecule has 1 nitrogen and oxygen atoms in total. The molecular weight excluding hydrogens is 233 g/mol. The first kappa shape index (κ1) is 14.5. The van der Waals surface area contributed by atoms with E-state index in [0.717, 1.165) is 10.5 Å². The second-order valence-corrected chi connectivity index (χ2v) is 7.11. The molecule has 0 aliphatic rings. The van der Waals surface area contributed by atoms with Crippen LogP contribution in [0.1, 0.15) is 40.2 Å².